The van der Waals surface area contributed by atoms with Gasteiger partial charge in [-0.1, -0.05) is 35.3 Å². The van der Waals surface area contributed by atoms with Crippen molar-refractivity contribution < 1.29 is 19.1 Å². The normalized spacial score (nSPS) is 15.9. The molecule has 0 spiro atoms. The molecule has 138 valence electrons. The van der Waals surface area contributed by atoms with Crippen molar-refractivity contribution in [1.29, 1.82) is 0 Å². The minimum Gasteiger partial charge on any atom is -0.496 e. The number of carbonyl (C=O) groups excluding carboxylic acids is 3. The van der Waals surface area contributed by atoms with E-state index >= 15 is 0 Å². The van der Waals surface area contributed by atoms with Crippen LogP contribution in [0.15, 0.2) is 42.0 Å². The Bertz CT molecular complexity index is 1000. The van der Waals surface area contributed by atoms with Crippen LogP contribution in [-0.2, 0) is 9.59 Å². The van der Waals surface area contributed by atoms with E-state index in [0.29, 0.717) is 11.3 Å². The Labute approximate surface area is 165 Å². The maximum absolute atomic E-state index is 12.9. The van der Waals surface area contributed by atoms with E-state index in [4.69, 9.17) is 27.9 Å². The number of nitrogens with one attached hydrogen (secondary N) is 1. The zero-order valence-electron chi connectivity index (χ0n) is 14.4. The number of hydrogen-bond acceptors (Lipinski definition) is 4. The lowest BCUT2D eigenvalue weighted by Crippen LogP contribution is -2.54. The number of benzene rings is 2. The van der Waals surface area contributed by atoms with Gasteiger partial charge in [0.25, 0.3) is 11.8 Å². The molecule has 4 amide bonds. The zero-order chi connectivity index (χ0) is 19.7. The number of halogens is 2. The van der Waals surface area contributed by atoms with E-state index in [-0.39, 0.29) is 21.3 Å². The molecule has 3 rings (SSSR count). The fourth-order valence-electron chi connectivity index (χ4n) is 2.70. The molecule has 1 fully saturated rings. The van der Waals surface area contributed by atoms with Crippen molar-refractivity contribution in [1.82, 2.24) is 5.32 Å². The van der Waals surface area contributed by atoms with Gasteiger partial charge in [-0.15, -0.1) is 0 Å². The van der Waals surface area contributed by atoms with Crippen molar-refractivity contribution in [2.75, 3.05) is 12.0 Å². The van der Waals surface area contributed by atoms with Gasteiger partial charge >= 0.3 is 6.03 Å². The highest BCUT2D eigenvalue weighted by Gasteiger charge is 2.38. The highest BCUT2D eigenvalue weighted by atomic mass is 35.5. The minimum absolute atomic E-state index is 0.0386. The van der Waals surface area contributed by atoms with Gasteiger partial charge in [0, 0.05) is 0 Å². The summed E-state index contributed by atoms with van der Waals surface area (Å²) in [6, 6.07) is 8.85. The summed E-state index contributed by atoms with van der Waals surface area (Å²) in [6.07, 6.45) is 1.40. The predicted octanol–water partition coefficient (Wildman–Crippen LogP) is 3.98. The van der Waals surface area contributed by atoms with Gasteiger partial charge in [0.1, 0.15) is 11.3 Å². The summed E-state index contributed by atoms with van der Waals surface area (Å²) in [5, 5.41) is 2.37. The average molecular weight is 405 g/mol. The fraction of sp³-hybridized carbons (Fsp3) is 0.105. The van der Waals surface area contributed by atoms with Gasteiger partial charge in [0.05, 0.1) is 22.8 Å². The lowest BCUT2D eigenvalue weighted by atomic mass is 10.0. The second-order valence-electron chi connectivity index (χ2n) is 5.76. The van der Waals surface area contributed by atoms with E-state index in [2.05, 4.69) is 5.32 Å². The summed E-state index contributed by atoms with van der Waals surface area (Å²) in [6.45, 7) is 1.84. The molecule has 2 aromatic rings. The molecule has 1 saturated heterocycles. The van der Waals surface area contributed by atoms with Crippen LogP contribution in [0.2, 0.25) is 10.0 Å². The van der Waals surface area contributed by atoms with E-state index < -0.39 is 17.8 Å². The number of methoxy groups -OCH3 is 1. The summed E-state index contributed by atoms with van der Waals surface area (Å²) in [5.41, 5.74) is 1.34. The smallest absolute Gasteiger partial charge is 0.336 e. The van der Waals surface area contributed by atoms with Gasteiger partial charge in [-0.25, -0.2) is 9.69 Å². The molecule has 8 heteroatoms. The largest absolute Gasteiger partial charge is 0.496 e. The van der Waals surface area contributed by atoms with E-state index in [9.17, 15) is 14.4 Å². The van der Waals surface area contributed by atoms with Crippen molar-refractivity contribution in [3.8, 4) is 5.75 Å². The maximum Gasteiger partial charge on any atom is 0.336 e. The summed E-state index contributed by atoms with van der Waals surface area (Å²) in [7, 11) is 1.55. The van der Waals surface area contributed by atoms with E-state index in [1.165, 1.54) is 18.2 Å². The molecular weight excluding hydrogens is 391 g/mol. The Morgan fingerprint density at radius 1 is 1.11 bits per heavy atom. The highest BCUT2D eigenvalue weighted by molar-refractivity contribution is 6.46. The van der Waals surface area contributed by atoms with Crippen molar-refractivity contribution in [2.24, 2.45) is 0 Å². The molecule has 1 aliphatic heterocycles. The molecule has 1 N–H and O–H groups in total. The second-order valence-corrected chi connectivity index (χ2v) is 6.55. The molecule has 0 bridgehead atoms. The summed E-state index contributed by atoms with van der Waals surface area (Å²) < 4.78 is 5.20. The molecule has 0 atom stereocenters. The van der Waals surface area contributed by atoms with Crippen LogP contribution < -0.4 is 15.0 Å². The third-order valence-corrected chi connectivity index (χ3v) is 4.81. The topological polar surface area (TPSA) is 75.7 Å². The molecule has 27 heavy (non-hydrogen) atoms. The number of amides is 4. The van der Waals surface area contributed by atoms with Gasteiger partial charge in [-0.2, -0.15) is 0 Å². The molecule has 0 unspecified atom stereocenters. The van der Waals surface area contributed by atoms with Gasteiger partial charge < -0.3 is 4.74 Å². The fourth-order valence-corrected chi connectivity index (χ4v) is 3.08. The Kier molecular flexibility index (Phi) is 5.21. The molecular formula is C19H14Cl2N2O4. The van der Waals surface area contributed by atoms with Crippen LogP contribution in [0.4, 0.5) is 10.5 Å². The number of hydrogen-bond donors (Lipinski definition) is 1. The maximum atomic E-state index is 12.9. The number of rotatable bonds is 3. The van der Waals surface area contributed by atoms with Gasteiger partial charge in [0.2, 0.25) is 0 Å². The number of imide groups is 2. The highest BCUT2D eigenvalue weighted by Crippen LogP contribution is 2.34. The van der Waals surface area contributed by atoms with Gasteiger partial charge in [-0.3, -0.25) is 14.9 Å². The molecule has 0 radical (unpaired) electrons. The van der Waals surface area contributed by atoms with Crippen LogP contribution >= 0.6 is 23.2 Å². The summed E-state index contributed by atoms with van der Waals surface area (Å²) in [5.74, 6) is -0.895. The Morgan fingerprint density at radius 3 is 2.52 bits per heavy atom. The van der Waals surface area contributed by atoms with E-state index in [1.807, 2.05) is 6.92 Å². The molecule has 0 saturated carbocycles. The predicted molar refractivity (Wildman–Crippen MR) is 103 cm³/mol. The summed E-state index contributed by atoms with van der Waals surface area (Å²) in [4.78, 5) is 38.1. The van der Waals surface area contributed by atoms with Crippen LogP contribution in [0.3, 0.4) is 0 Å². The van der Waals surface area contributed by atoms with Crippen molar-refractivity contribution >= 4 is 52.8 Å². The SMILES string of the molecule is COc1ccc(/C=C2\C(=O)NC(=O)N(c3cccc(Cl)c3Cl)C2=O)cc1C. The number of nitrogens with zero attached hydrogens (tertiary/aromatic N) is 1. The lowest BCUT2D eigenvalue weighted by Gasteiger charge is -2.27. The first-order valence-electron chi connectivity index (χ1n) is 7.83. The molecule has 0 aliphatic carbocycles. The standard InChI is InChI=1S/C19H14Cl2N2O4/c1-10-8-11(6-7-15(10)27-2)9-12-17(24)22-19(26)23(18(12)25)14-5-3-4-13(20)16(14)21/h3-9H,1-2H3,(H,22,24,26)/b12-9+. The molecule has 2 aromatic carbocycles. The molecule has 0 aromatic heterocycles. The first-order valence-corrected chi connectivity index (χ1v) is 8.59. The van der Waals surface area contributed by atoms with Crippen LogP contribution in [0, 0.1) is 6.92 Å². The quantitative estimate of drug-likeness (QED) is 0.619. The summed E-state index contributed by atoms with van der Waals surface area (Å²) >= 11 is 12.1. The van der Waals surface area contributed by atoms with Crippen molar-refractivity contribution in [3.63, 3.8) is 0 Å². The number of barbiturate groups is 1. The van der Waals surface area contributed by atoms with Gasteiger partial charge in [-0.05, 0) is 48.4 Å². The molecule has 1 aliphatic rings. The number of urea groups is 1. The van der Waals surface area contributed by atoms with Crippen molar-refractivity contribution in [2.45, 2.75) is 6.92 Å². The number of aryl methyl sites for hydroxylation is 1. The monoisotopic (exact) mass is 404 g/mol. The third kappa shape index (κ3) is 3.54. The van der Waals surface area contributed by atoms with Crippen LogP contribution in [-0.4, -0.2) is 25.0 Å². The Hall–Kier alpha value is -2.83. The first kappa shape index (κ1) is 18.9. The Morgan fingerprint density at radius 2 is 1.85 bits per heavy atom. The molecule has 6 nitrogen and oxygen atoms in total. The van der Waals surface area contributed by atoms with E-state index in [0.717, 1.165) is 10.5 Å². The average Bonchev–Trinajstić information content (AvgIpc) is 2.62. The molecule has 1 heterocycles. The number of carbonyl (C=O) groups is 3. The van der Waals surface area contributed by atoms with Crippen LogP contribution in [0.25, 0.3) is 6.08 Å². The van der Waals surface area contributed by atoms with Crippen LogP contribution in [0.5, 0.6) is 5.75 Å². The minimum atomic E-state index is -0.891. The first-order chi connectivity index (χ1) is 12.8. The van der Waals surface area contributed by atoms with Crippen molar-refractivity contribution in [3.05, 3.63) is 63.1 Å². The second kappa shape index (κ2) is 7.42. The number of anilines is 1. The lowest BCUT2D eigenvalue weighted by molar-refractivity contribution is -0.122. The van der Waals surface area contributed by atoms with Crippen LogP contribution in [0.1, 0.15) is 11.1 Å². The number of ether oxygens (including phenoxy) is 1. The van der Waals surface area contributed by atoms with Gasteiger partial charge in [0.15, 0.2) is 0 Å². The van der Waals surface area contributed by atoms with E-state index in [1.54, 1.807) is 31.4 Å². The Balaban J connectivity index is 2.05. The zero-order valence-corrected chi connectivity index (χ0v) is 15.9. The third-order valence-electron chi connectivity index (χ3n) is 4.00.